The first-order valence-corrected chi connectivity index (χ1v) is 23.0. The Labute approximate surface area is 390 Å². The molecule has 0 aliphatic carbocycles. The van der Waals surface area contributed by atoms with E-state index in [9.17, 15) is 43.8 Å². The molecule has 0 aromatic heterocycles. The van der Waals surface area contributed by atoms with Crippen LogP contribution >= 0.6 is 11.6 Å². The van der Waals surface area contributed by atoms with Crippen molar-refractivity contribution in [2.24, 2.45) is 23.5 Å². The summed E-state index contributed by atoms with van der Waals surface area (Å²) in [6.07, 6.45) is 1.93. The second kappa shape index (κ2) is 21.9. The minimum Gasteiger partial charge on any atom is -0.507 e. The number of carbonyl (C=O) groups is 7. The summed E-state index contributed by atoms with van der Waals surface area (Å²) < 4.78 is 0. The number of hydrogen-bond donors (Lipinski definition) is 4. The van der Waals surface area contributed by atoms with Gasteiger partial charge in [0.2, 0.25) is 17.7 Å². The number of aromatic hydroxyl groups is 2. The smallest absolute Gasteiger partial charge is 0.226 e. The summed E-state index contributed by atoms with van der Waals surface area (Å²) in [5, 5.41) is 25.8. The Morgan fingerprint density at radius 2 is 1.50 bits per heavy atom. The van der Waals surface area contributed by atoms with Crippen LogP contribution in [0.4, 0.5) is 0 Å². The Kier molecular flexibility index (Phi) is 16.3. The van der Waals surface area contributed by atoms with Crippen LogP contribution in [0.5, 0.6) is 11.5 Å². The first-order valence-electron chi connectivity index (χ1n) is 22.6. The van der Waals surface area contributed by atoms with Crippen molar-refractivity contribution >= 4 is 52.5 Å². The maximum absolute atomic E-state index is 14.7. The summed E-state index contributed by atoms with van der Waals surface area (Å²) in [6.45, 7) is 5.40. The van der Waals surface area contributed by atoms with Gasteiger partial charge in [-0.05, 0) is 104 Å². The number of unbranched alkanes of at least 4 members (excludes halogenated alkanes) is 1. The number of Topliss-reactive ketones (excluding diaryl/α,β-unsaturated/α-hetero) is 4. The van der Waals surface area contributed by atoms with Crippen LogP contribution in [0.25, 0.3) is 22.3 Å². The Bertz CT molecular complexity index is 2470. The fourth-order valence-corrected chi connectivity index (χ4v) is 9.28. The van der Waals surface area contributed by atoms with Crippen molar-refractivity contribution < 1.29 is 43.8 Å². The number of likely N-dealkylation sites (tertiary alicyclic amines) is 1. The molecule has 0 radical (unpaired) electrons. The summed E-state index contributed by atoms with van der Waals surface area (Å²) in [5.74, 6) is -5.79. The SMILES string of the molecule is CC(=O)[C@@H]1CCCN1C(=O)[C@H](C)CC(=O)[C@@H]1Cc2ccc(O)c(c2)-c2cc(ccc2O)[C@H](N(C)C(=O)[C@H](CCCCN)CC(=O)c2ccc(-c3ccc(Cl)cc3)cc2)C(=O)C[C@@H](C)C(=O)N1. The highest BCUT2D eigenvalue weighted by atomic mass is 35.5. The van der Waals surface area contributed by atoms with Crippen molar-refractivity contribution in [3.05, 3.63) is 107 Å². The fourth-order valence-electron chi connectivity index (χ4n) is 9.16. The number of phenols is 2. The van der Waals surface area contributed by atoms with Crippen LogP contribution in [0.1, 0.15) is 99.7 Å². The van der Waals surface area contributed by atoms with Crippen molar-refractivity contribution in [2.75, 3.05) is 20.1 Å². The Hall–Kier alpha value is -6.18. The number of rotatable bonds is 15. The van der Waals surface area contributed by atoms with Gasteiger partial charge in [-0.25, -0.2) is 0 Å². The highest BCUT2D eigenvalue weighted by molar-refractivity contribution is 6.30. The van der Waals surface area contributed by atoms with Crippen LogP contribution in [0, 0.1) is 17.8 Å². The van der Waals surface area contributed by atoms with Gasteiger partial charge in [0, 0.05) is 72.3 Å². The molecule has 4 aromatic carbocycles. The molecule has 2 aliphatic rings. The highest BCUT2D eigenvalue weighted by Crippen LogP contribution is 2.40. The Morgan fingerprint density at radius 1 is 0.864 bits per heavy atom. The van der Waals surface area contributed by atoms with E-state index in [4.69, 9.17) is 17.3 Å². The summed E-state index contributed by atoms with van der Waals surface area (Å²) >= 11 is 6.07. The lowest BCUT2D eigenvalue weighted by Gasteiger charge is -2.32. The number of nitrogens with two attached hydrogens (primary N) is 1. The maximum atomic E-state index is 14.7. The van der Waals surface area contributed by atoms with E-state index in [1.54, 1.807) is 50.2 Å². The molecular weight excluding hydrogens is 860 g/mol. The van der Waals surface area contributed by atoms with Crippen LogP contribution in [0.2, 0.25) is 5.02 Å². The topological polar surface area (TPSA) is 204 Å². The monoisotopic (exact) mass is 918 g/mol. The lowest BCUT2D eigenvalue weighted by Crippen LogP contribution is -2.47. The van der Waals surface area contributed by atoms with E-state index in [0.29, 0.717) is 66.9 Å². The number of fused-ring (bicyclic) bond motifs is 5. The van der Waals surface area contributed by atoms with Gasteiger partial charge in [0.05, 0.1) is 12.1 Å². The number of likely N-dealkylation sites (N-methyl/N-ethyl adjacent to an activating group) is 1. The predicted octanol–water partition coefficient (Wildman–Crippen LogP) is 7.41. The average molecular weight is 920 g/mol. The summed E-state index contributed by atoms with van der Waals surface area (Å²) in [6, 6.07) is 20.4. The van der Waals surface area contributed by atoms with Gasteiger partial charge in [-0.1, -0.05) is 80.4 Å². The zero-order valence-electron chi connectivity index (χ0n) is 37.9. The van der Waals surface area contributed by atoms with Gasteiger partial charge < -0.3 is 31.1 Å². The molecule has 1 fully saturated rings. The van der Waals surface area contributed by atoms with Crippen LogP contribution in [0.15, 0.2) is 84.9 Å². The standard InChI is InChI=1S/C52H59ClN4O9/c1-30-24-48(63)49(56(4)52(66)38(8-5-6-22-54)29-46(61)36-13-11-34(12-14-36)35-15-18-39(53)19-16-35)37-17-21-45(60)41(28-37)40-26-33(10-20-44(40)59)27-42(55-50(30)64)47(62)25-31(2)51(65)57-23-7-9-43(57)32(3)58/h10-21,26,28,30-31,38,42-43,49,59-60H,5-9,22-25,27,29,54H2,1-4H3,(H,55,64)/t30-,31-,38-,42+,43+,49+/m1/s1. The number of nitrogens with zero attached hydrogens (tertiary/aromatic N) is 2. The molecule has 1 saturated heterocycles. The molecule has 66 heavy (non-hydrogen) atoms. The third-order valence-electron chi connectivity index (χ3n) is 12.9. The molecule has 0 spiro atoms. The van der Waals surface area contributed by atoms with Gasteiger partial charge in [0.25, 0.3) is 0 Å². The van der Waals surface area contributed by atoms with Crippen molar-refractivity contribution in [2.45, 2.75) is 96.7 Å². The van der Waals surface area contributed by atoms with Crippen molar-refractivity contribution in [3.63, 3.8) is 0 Å². The summed E-state index contributed by atoms with van der Waals surface area (Å²) in [4.78, 5) is 99.9. The van der Waals surface area contributed by atoms with Crippen LogP contribution < -0.4 is 11.1 Å². The number of carbonyl (C=O) groups excluding carboxylic acids is 7. The molecule has 0 unspecified atom stereocenters. The number of hydrogen-bond acceptors (Lipinski definition) is 10. The number of ketones is 4. The van der Waals surface area contributed by atoms with E-state index in [-0.39, 0.29) is 65.8 Å². The highest BCUT2D eigenvalue weighted by Gasteiger charge is 2.38. The number of halogens is 1. The van der Waals surface area contributed by atoms with Crippen LogP contribution in [0.3, 0.4) is 0 Å². The third kappa shape index (κ3) is 11.6. The number of benzene rings is 4. The second-order valence-corrected chi connectivity index (χ2v) is 18.3. The Balaban J connectivity index is 1.30. The Morgan fingerprint density at radius 3 is 2.15 bits per heavy atom. The summed E-state index contributed by atoms with van der Waals surface area (Å²) in [7, 11) is 1.47. The van der Waals surface area contributed by atoms with Gasteiger partial charge in [-0.2, -0.15) is 0 Å². The largest absolute Gasteiger partial charge is 0.507 e. The van der Waals surface area contributed by atoms with E-state index < -0.39 is 59.3 Å². The second-order valence-electron chi connectivity index (χ2n) is 17.9. The maximum Gasteiger partial charge on any atom is 0.226 e. The number of nitrogens with one attached hydrogen (secondary N) is 1. The molecule has 0 saturated carbocycles. The predicted molar refractivity (Wildman–Crippen MR) is 252 cm³/mol. The van der Waals surface area contributed by atoms with E-state index in [0.717, 1.165) is 11.1 Å². The van der Waals surface area contributed by atoms with Crippen LogP contribution in [-0.2, 0) is 35.2 Å². The van der Waals surface area contributed by atoms with Gasteiger partial charge in [0.15, 0.2) is 23.1 Å². The van der Waals surface area contributed by atoms with Gasteiger partial charge in [0.1, 0.15) is 17.5 Å². The van der Waals surface area contributed by atoms with Crippen molar-refractivity contribution in [1.29, 1.82) is 0 Å². The fraction of sp³-hybridized carbons (Fsp3) is 0.404. The zero-order chi connectivity index (χ0) is 47.8. The minimum absolute atomic E-state index is 0.0315. The molecule has 2 aliphatic heterocycles. The molecule has 5 N–H and O–H groups in total. The normalized spacial score (nSPS) is 19.6. The third-order valence-corrected chi connectivity index (χ3v) is 13.2. The lowest BCUT2D eigenvalue weighted by molar-refractivity contribution is -0.142. The van der Waals surface area contributed by atoms with Gasteiger partial charge in [-0.15, -0.1) is 0 Å². The summed E-state index contributed by atoms with van der Waals surface area (Å²) in [5.41, 5.74) is 9.20. The molecule has 13 nitrogen and oxygen atoms in total. The molecule has 4 bridgehead atoms. The number of amides is 3. The molecule has 4 aromatic rings. The van der Waals surface area contributed by atoms with Gasteiger partial charge >= 0.3 is 0 Å². The van der Waals surface area contributed by atoms with E-state index in [2.05, 4.69) is 5.32 Å². The molecular formula is C52H59ClN4O9. The molecule has 2 heterocycles. The molecule has 3 amide bonds. The first-order chi connectivity index (χ1) is 31.5. The van der Waals surface area contributed by atoms with E-state index >= 15 is 0 Å². The average Bonchev–Trinajstić information content (AvgIpc) is 3.80. The quantitative estimate of drug-likeness (QED) is 0.0687. The molecule has 6 atom stereocenters. The molecule has 6 rings (SSSR count). The van der Waals surface area contributed by atoms with Crippen molar-refractivity contribution in [1.82, 2.24) is 15.1 Å². The molecule has 348 valence electrons. The lowest BCUT2D eigenvalue weighted by atomic mass is 9.87. The van der Waals surface area contributed by atoms with Crippen molar-refractivity contribution in [3.8, 4) is 33.8 Å². The van der Waals surface area contributed by atoms with E-state index in [1.807, 2.05) is 24.3 Å². The molecule has 14 heteroatoms. The number of phenolic OH excluding ortho intramolecular Hbond substituents is 2. The minimum atomic E-state index is -1.29. The first kappa shape index (κ1) is 49.3. The van der Waals surface area contributed by atoms with Crippen LogP contribution in [-0.4, -0.2) is 93.1 Å². The zero-order valence-corrected chi connectivity index (χ0v) is 38.7. The van der Waals surface area contributed by atoms with E-state index in [1.165, 1.54) is 48.0 Å². The van der Waals surface area contributed by atoms with Gasteiger partial charge in [-0.3, -0.25) is 33.6 Å².